The molecule has 6 nitrogen and oxygen atoms in total. The summed E-state index contributed by atoms with van der Waals surface area (Å²) in [5.74, 6) is -1.01. The van der Waals surface area contributed by atoms with Gasteiger partial charge in [0, 0.05) is 19.3 Å². The van der Waals surface area contributed by atoms with Crippen LogP contribution in [0, 0.1) is 0 Å². The molecule has 0 fully saturated rings. The maximum absolute atomic E-state index is 12.8. The Morgan fingerprint density at radius 1 is 0.333 bits per heavy atom. The number of carbonyl (C=O) groups excluding carboxylic acids is 3. The lowest BCUT2D eigenvalue weighted by Crippen LogP contribution is -2.30. The summed E-state index contributed by atoms with van der Waals surface area (Å²) < 4.78 is 16.7. The Balaban J connectivity index is 4.55. The van der Waals surface area contributed by atoms with Gasteiger partial charge in [-0.1, -0.05) is 182 Å². The summed E-state index contributed by atoms with van der Waals surface area (Å²) in [6, 6.07) is 0. The van der Waals surface area contributed by atoms with Crippen LogP contribution < -0.4 is 0 Å². The van der Waals surface area contributed by atoms with Gasteiger partial charge >= 0.3 is 17.9 Å². The normalized spacial score (nSPS) is 13.0. The lowest BCUT2D eigenvalue weighted by atomic mass is 10.1. The molecule has 0 aliphatic carbocycles. The van der Waals surface area contributed by atoms with Crippen molar-refractivity contribution in [3.63, 3.8) is 0 Å². The van der Waals surface area contributed by atoms with Crippen molar-refractivity contribution in [2.24, 2.45) is 0 Å². The molecule has 1 unspecified atom stereocenters. The first-order valence-corrected chi connectivity index (χ1v) is 25.4. The predicted octanol–water partition coefficient (Wildman–Crippen LogP) is 16.8. The fourth-order valence-electron chi connectivity index (χ4n) is 6.48. The maximum atomic E-state index is 12.8. The molecule has 0 aromatic carbocycles. The van der Waals surface area contributed by atoms with Gasteiger partial charge in [-0.25, -0.2) is 0 Å². The van der Waals surface area contributed by atoms with E-state index in [1.807, 2.05) is 0 Å². The number of allylic oxidation sites excluding steroid dienone is 18. The average molecular weight is 873 g/mol. The van der Waals surface area contributed by atoms with E-state index in [0.717, 1.165) is 109 Å². The van der Waals surface area contributed by atoms with E-state index in [-0.39, 0.29) is 37.5 Å². The molecule has 0 radical (unpaired) electrons. The Kier molecular flexibility index (Phi) is 47.5. The molecule has 6 heteroatoms. The van der Waals surface area contributed by atoms with E-state index < -0.39 is 6.10 Å². The molecule has 0 spiro atoms. The van der Waals surface area contributed by atoms with Crippen molar-refractivity contribution in [2.75, 3.05) is 13.2 Å². The van der Waals surface area contributed by atoms with Gasteiger partial charge in [0.1, 0.15) is 13.2 Å². The van der Waals surface area contributed by atoms with Gasteiger partial charge in [0.25, 0.3) is 0 Å². The van der Waals surface area contributed by atoms with Crippen LogP contribution in [0.15, 0.2) is 109 Å². The first kappa shape index (κ1) is 59.1. The first-order valence-electron chi connectivity index (χ1n) is 25.4. The highest BCUT2D eigenvalue weighted by Crippen LogP contribution is 2.12. The number of rotatable bonds is 44. The highest BCUT2D eigenvalue weighted by atomic mass is 16.6. The summed E-state index contributed by atoms with van der Waals surface area (Å²) >= 11 is 0. The number of unbranched alkanes of at least 4 members (excludes halogenated alkanes) is 15. The van der Waals surface area contributed by atoms with Crippen LogP contribution in [-0.2, 0) is 28.6 Å². The van der Waals surface area contributed by atoms with Crippen molar-refractivity contribution in [1.29, 1.82) is 0 Å². The molecule has 0 aromatic rings. The Morgan fingerprint density at radius 2 is 0.619 bits per heavy atom. The third-order valence-electron chi connectivity index (χ3n) is 10.2. The van der Waals surface area contributed by atoms with Crippen molar-refractivity contribution < 1.29 is 28.6 Å². The quantitative estimate of drug-likeness (QED) is 0.0263. The molecular formula is C57H92O6. The summed E-state index contributed by atoms with van der Waals surface area (Å²) in [6.07, 6.45) is 67.9. The van der Waals surface area contributed by atoms with Crippen molar-refractivity contribution in [2.45, 2.75) is 219 Å². The highest BCUT2D eigenvalue weighted by molar-refractivity contribution is 5.71. The molecule has 0 saturated heterocycles. The summed E-state index contributed by atoms with van der Waals surface area (Å²) in [5.41, 5.74) is 0. The fourth-order valence-corrected chi connectivity index (χ4v) is 6.48. The second kappa shape index (κ2) is 50.7. The van der Waals surface area contributed by atoms with Crippen molar-refractivity contribution in [3.05, 3.63) is 109 Å². The SMILES string of the molecule is CC/C=C\C/C=C\C/C=C\C/C=C\CCCCC(=O)OCC(COC(=O)CCCCCCC/C=C\CCCCCCCC)OC(=O)CCCC/C=C\C/C=C\C/C=C\C/C=C\CC. The minimum atomic E-state index is -0.821. The van der Waals surface area contributed by atoms with E-state index in [2.05, 4.69) is 130 Å². The van der Waals surface area contributed by atoms with E-state index in [4.69, 9.17) is 14.2 Å². The minimum Gasteiger partial charge on any atom is -0.462 e. The number of hydrogen-bond acceptors (Lipinski definition) is 6. The zero-order valence-corrected chi connectivity index (χ0v) is 40.5. The van der Waals surface area contributed by atoms with Crippen molar-refractivity contribution >= 4 is 17.9 Å². The van der Waals surface area contributed by atoms with Gasteiger partial charge in [0.2, 0.25) is 0 Å². The Labute approximate surface area is 387 Å². The fraction of sp³-hybridized carbons (Fsp3) is 0.632. The predicted molar refractivity (Wildman–Crippen MR) is 270 cm³/mol. The molecular weight excluding hydrogens is 781 g/mol. The Bertz CT molecular complexity index is 1330. The lowest BCUT2D eigenvalue weighted by Gasteiger charge is -2.18. The van der Waals surface area contributed by atoms with Crippen LogP contribution in [-0.4, -0.2) is 37.2 Å². The molecule has 0 bridgehead atoms. The van der Waals surface area contributed by atoms with Gasteiger partial charge in [-0.2, -0.15) is 0 Å². The molecule has 63 heavy (non-hydrogen) atoms. The van der Waals surface area contributed by atoms with E-state index in [9.17, 15) is 14.4 Å². The zero-order valence-electron chi connectivity index (χ0n) is 40.5. The van der Waals surface area contributed by atoms with Gasteiger partial charge in [-0.15, -0.1) is 0 Å². The molecule has 0 rings (SSSR count). The third kappa shape index (κ3) is 49.0. The molecule has 0 aliphatic heterocycles. The molecule has 0 N–H and O–H groups in total. The molecule has 0 aliphatic rings. The second-order valence-corrected chi connectivity index (χ2v) is 16.3. The van der Waals surface area contributed by atoms with Crippen LogP contribution in [0.4, 0.5) is 0 Å². The van der Waals surface area contributed by atoms with Crippen LogP contribution >= 0.6 is 0 Å². The molecule has 0 amide bonds. The highest BCUT2D eigenvalue weighted by Gasteiger charge is 2.19. The summed E-state index contributed by atoms with van der Waals surface area (Å²) in [4.78, 5) is 37.9. The number of hydrogen-bond donors (Lipinski definition) is 0. The van der Waals surface area contributed by atoms with Crippen molar-refractivity contribution in [3.8, 4) is 0 Å². The summed E-state index contributed by atoms with van der Waals surface area (Å²) in [6.45, 7) is 6.31. The number of esters is 3. The number of ether oxygens (including phenoxy) is 3. The second-order valence-electron chi connectivity index (χ2n) is 16.3. The Morgan fingerprint density at radius 3 is 1.02 bits per heavy atom. The smallest absolute Gasteiger partial charge is 0.306 e. The average Bonchev–Trinajstić information content (AvgIpc) is 3.28. The van der Waals surface area contributed by atoms with E-state index >= 15 is 0 Å². The summed E-state index contributed by atoms with van der Waals surface area (Å²) in [5, 5.41) is 0. The molecule has 0 aromatic heterocycles. The summed E-state index contributed by atoms with van der Waals surface area (Å²) in [7, 11) is 0. The Hall–Kier alpha value is -3.93. The van der Waals surface area contributed by atoms with E-state index in [1.54, 1.807) is 0 Å². The van der Waals surface area contributed by atoms with Gasteiger partial charge < -0.3 is 14.2 Å². The van der Waals surface area contributed by atoms with Gasteiger partial charge in [-0.05, 0) is 122 Å². The van der Waals surface area contributed by atoms with Gasteiger partial charge in [-0.3, -0.25) is 14.4 Å². The molecule has 0 heterocycles. The van der Waals surface area contributed by atoms with Crippen LogP contribution in [0.5, 0.6) is 0 Å². The standard InChI is InChI=1S/C57H92O6/c1-4-7-10-13-16-19-22-25-28-31-34-37-40-43-46-49-55(58)61-52-54(63-57(60)51-48-45-42-39-36-33-30-27-24-21-18-15-12-9-6-3)53-62-56(59)50-47-44-41-38-35-32-29-26-23-20-17-14-11-8-5-2/h7,9-10,12,16,18-19,21,25-30,34,36-37,39,54H,4-6,8,11,13-15,17,20,22-24,31-33,35,38,40-53H2,1-3H3/b10-7-,12-9-,19-16-,21-18-,28-25-,29-26-,30-27-,37-34-,39-36-. The van der Waals surface area contributed by atoms with Crippen LogP contribution in [0.3, 0.4) is 0 Å². The van der Waals surface area contributed by atoms with Gasteiger partial charge in [0.15, 0.2) is 6.10 Å². The van der Waals surface area contributed by atoms with E-state index in [1.165, 1.54) is 51.4 Å². The van der Waals surface area contributed by atoms with Crippen LogP contribution in [0.2, 0.25) is 0 Å². The first-order chi connectivity index (χ1) is 31.0. The van der Waals surface area contributed by atoms with Crippen LogP contribution in [0.1, 0.15) is 213 Å². The lowest BCUT2D eigenvalue weighted by molar-refractivity contribution is -0.167. The van der Waals surface area contributed by atoms with Crippen LogP contribution in [0.25, 0.3) is 0 Å². The van der Waals surface area contributed by atoms with Crippen molar-refractivity contribution in [1.82, 2.24) is 0 Å². The van der Waals surface area contributed by atoms with E-state index in [0.29, 0.717) is 25.7 Å². The minimum absolute atomic E-state index is 0.114. The molecule has 1 atom stereocenters. The largest absolute Gasteiger partial charge is 0.462 e. The maximum Gasteiger partial charge on any atom is 0.306 e. The monoisotopic (exact) mass is 873 g/mol. The molecule has 356 valence electrons. The number of carbonyl (C=O) groups is 3. The zero-order chi connectivity index (χ0) is 45.8. The van der Waals surface area contributed by atoms with Gasteiger partial charge in [0.05, 0.1) is 0 Å². The topological polar surface area (TPSA) is 78.9 Å². The third-order valence-corrected chi connectivity index (χ3v) is 10.2. The molecule has 0 saturated carbocycles.